The normalized spacial score (nSPS) is 12.6. The average molecular weight is 343 g/mol. The molecule has 0 saturated heterocycles. The molecule has 0 rings (SSSR count). The Morgan fingerprint density at radius 3 is 1.96 bits per heavy atom. The molecule has 0 aliphatic heterocycles. The molecule has 4 nitrogen and oxygen atoms in total. The van der Waals surface area contributed by atoms with Crippen molar-refractivity contribution in [2.75, 3.05) is 13.2 Å². The van der Waals surface area contributed by atoms with Gasteiger partial charge in [0.2, 0.25) is 0 Å². The second kappa shape index (κ2) is 18.5. The fourth-order valence-corrected chi connectivity index (χ4v) is 2.52. The summed E-state index contributed by atoms with van der Waals surface area (Å²) in [6.45, 7) is 2.14. The molecule has 0 aromatic heterocycles. The predicted octanol–water partition coefficient (Wildman–Crippen LogP) is 4.53. The summed E-state index contributed by atoms with van der Waals surface area (Å²) in [6.07, 6.45) is 17.7. The van der Waals surface area contributed by atoms with Crippen LogP contribution in [-0.2, 0) is 9.53 Å². The van der Waals surface area contributed by atoms with Gasteiger partial charge < -0.3 is 14.9 Å². The highest BCUT2D eigenvalue weighted by Gasteiger charge is 2.10. The van der Waals surface area contributed by atoms with E-state index in [0.717, 1.165) is 38.5 Å². The van der Waals surface area contributed by atoms with Crippen molar-refractivity contribution in [1.82, 2.24) is 0 Å². The lowest BCUT2D eigenvalue weighted by Gasteiger charge is -2.12. The molecule has 1 unspecified atom stereocenters. The number of hydrogen-bond acceptors (Lipinski definition) is 4. The Morgan fingerprint density at radius 2 is 1.42 bits per heavy atom. The molecule has 0 aliphatic rings. The van der Waals surface area contributed by atoms with E-state index in [1.807, 2.05) is 6.92 Å². The number of aliphatic hydroxyl groups excluding tert-OH is 2. The molecular formula is C20H38O4. The first kappa shape index (κ1) is 23.1. The smallest absolute Gasteiger partial charge is 0.306 e. The molecule has 0 aromatic rings. The highest BCUT2D eigenvalue weighted by Crippen LogP contribution is 2.10. The van der Waals surface area contributed by atoms with Crippen molar-refractivity contribution in [3.05, 3.63) is 12.2 Å². The lowest BCUT2D eigenvalue weighted by molar-refractivity contribution is -0.151. The van der Waals surface area contributed by atoms with Crippen molar-refractivity contribution in [3.8, 4) is 0 Å². The highest BCUT2D eigenvalue weighted by atomic mass is 16.5. The highest BCUT2D eigenvalue weighted by molar-refractivity contribution is 5.69. The van der Waals surface area contributed by atoms with Crippen LogP contribution in [0.15, 0.2) is 12.2 Å². The number of allylic oxidation sites excluding steroid dienone is 2. The Bertz CT molecular complexity index is 298. The number of ether oxygens (including phenoxy) is 1. The van der Waals surface area contributed by atoms with E-state index in [1.165, 1.54) is 32.1 Å². The Hall–Kier alpha value is -0.870. The van der Waals surface area contributed by atoms with E-state index in [4.69, 9.17) is 14.9 Å². The minimum Gasteiger partial charge on any atom is -0.460 e. The van der Waals surface area contributed by atoms with Gasteiger partial charge in [-0.1, -0.05) is 51.2 Å². The SMILES string of the molecule is CCC(CO)OC(=O)CCCCCCC/C=C/CCCCCCO. The molecule has 142 valence electrons. The van der Waals surface area contributed by atoms with Crippen molar-refractivity contribution in [1.29, 1.82) is 0 Å². The minimum absolute atomic E-state index is 0.0849. The van der Waals surface area contributed by atoms with E-state index in [1.54, 1.807) is 0 Å². The van der Waals surface area contributed by atoms with E-state index < -0.39 is 0 Å². The summed E-state index contributed by atoms with van der Waals surface area (Å²) in [7, 11) is 0. The van der Waals surface area contributed by atoms with Crippen LogP contribution in [0.1, 0.15) is 90.4 Å². The van der Waals surface area contributed by atoms with Crippen LogP contribution < -0.4 is 0 Å². The fourth-order valence-electron chi connectivity index (χ4n) is 2.52. The molecule has 0 aromatic carbocycles. The van der Waals surface area contributed by atoms with Crippen LogP contribution in [0.4, 0.5) is 0 Å². The summed E-state index contributed by atoms with van der Waals surface area (Å²) in [5.41, 5.74) is 0. The Morgan fingerprint density at radius 1 is 0.875 bits per heavy atom. The molecular weight excluding hydrogens is 304 g/mol. The third-order valence-electron chi connectivity index (χ3n) is 4.15. The van der Waals surface area contributed by atoms with Crippen molar-refractivity contribution in [3.63, 3.8) is 0 Å². The second-order valence-electron chi connectivity index (χ2n) is 6.41. The van der Waals surface area contributed by atoms with Gasteiger partial charge in [-0.2, -0.15) is 0 Å². The molecule has 0 saturated carbocycles. The van der Waals surface area contributed by atoms with Gasteiger partial charge in [-0.05, 0) is 44.9 Å². The van der Waals surface area contributed by atoms with Crippen LogP contribution in [0.25, 0.3) is 0 Å². The number of rotatable bonds is 17. The summed E-state index contributed by atoms with van der Waals surface area (Å²) in [4.78, 5) is 11.5. The summed E-state index contributed by atoms with van der Waals surface area (Å²) >= 11 is 0. The molecule has 0 heterocycles. The molecule has 0 bridgehead atoms. The number of aliphatic hydroxyl groups is 2. The average Bonchev–Trinajstić information content (AvgIpc) is 2.60. The van der Waals surface area contributed by atoms with E-state index >= 15 is 0 Å². The van der Waals surface area contributed by atoms with Gasteiger partial charge in [-0.25, -0.2) is 0 Å². The van der Waals surface area contributed by atoms with Gasteiger partial charge in [0.05, 0.1) is 6.61 Å². The molecule has 1 atom stereocenters. The molecule has 0 amide bonds. The first-order valence-corrected chi connectivity index (χ1v) is 9.80. The molecule has 0 fully saturated rings. The minimum atomic E-state index is -0.334. The van der Waals surface area contributed by atoms with Crippen LogP contribution in [0.3, 0.4) is 0 Å². The number of hydrogen-bond donors (Lipinski definition) is 2. The van der Waals surface area contributed by atoms with Gasteiger partial charge in [0.1, 0.15) is 6.10 Å². The van der Waals surface area contributed by atoms with Crippen LogP contribution >= 0.6 is 0 Å². The molecule has 0 spiro atoms. The number of carbonyl (C=O) groups excluding carboxylic acids is 1. The summed E-state index contributed by atoms with van der Waals surface area (Å²) in [6, 6.07) is 0. The van der Waals surface area contributed by atoms with Crippen molar-refractivity contribution >= 4 is 5.97 Å². The molecule has 4 heteroatoms. The van der Waals surface area contributed by atoms with Crippen LogP contribution in [0, 0.1) is 0 Å². The standard InChI is InChI=1S/C20H38O4/c1-2-19(18-22)24-20(23)16-14-12-10-8-6-4-3-5-7-9-11-13-15-17-21/h3,5,19,21-22H,2,4,6-18H2,1H3/b5-3+. The van der Waals surface area contributed by atoms with Gasteiger partial charge in [0, 0.05) is 13.0 Å². The first-order valence-electron chi connectivity index (χ1n) is 9.80. The predicted molar refractivity (Wildman–Crippen MR) is 98.9 cm³/mol. The molecule has 0 aliphatic carbocycles. The van der Waals surface area contributed by atoms with Gasteiger partial charge in [-0.3, -0.25) is 4.79 Å². The molecule has 2 N–H and O–H groups in total. The molecule has 0 radical (unpaired) electrons. The van der Waals surface area contributed by atoms with Crippen LogP contribution in [-0.4, -0.2) is 35.5 Å². The third kappa shape index (κ3) is 16.0. The largest absolute Gasteiger partial charge is 0.460 e. The van der Waals surface area contributed by atoms with E-state index in [-0.39, 0.29) is 18.7 Å². The summed E-state index contributed by atoms with van der Waals surface area (Å²) < 4.78 is 5.15. The maximum Gasteiger partial charge on any atom is 0.306 e. The Balaban J connectivity index is 3.29. The topological polar surface area (TPSA) is 66.8 Å². The quantitative estimate of drug-likeness (QED) is 0.231. The van der Waals surface area contributed by atoms with Gasteiger partial charge >= 0.3 is 5.97 Å². The monoisotopic (exact) mass is 342 g/mol. The second-order valence-corrected chi connectivity index (χ2v) is 6.41. The fraction of sp³-hybridized carbons (Fsp3) is 0.850. The number of unbranched alkanes of at least 4 members (excludes halogenated alkanes) is 9. The zero-order valence-corrected chi connectivity index (χ0v) is 15.5. The van der Waals surface area contributed by atoms with Gasteiger partial charge in [-0.15, -0.1) is 0 Å². The number of esters is 1. The van der Waals surface area contributed by atoms with E-state index in [9.17, 15) is 4.79 Å². The Kier molecular flexibility index (Phi) is 17.8. The van der Waals surface area contributed by atoms with Crippen LogP contribution in [0.5, 0.6) is 0 Å². The summed E-state index contributed by atoms with van der Waals surface area (Å²) in [5.74, 6) is -0.183. The maximum absolute atomic E-state index is 11.5. The number of carbonyl (C=O) groups is 1. The van der Waals surface area contributed by atoms with E-state index in [2.05, 4.69) is 12.2 Å². The van der Waals surface area contributed by atoms with Crippen molar-refractivity contribution < 1.29 is 19.7 Å². The van der Waals surface area contributed by atoms with Gasteiger partial charge in [0.25, 0.3) is 0 Å². The van der Waals surface area contributed by atoms with Crippen molar-refractivity contribution in [2.24, 2.45) is 0 Å². The van der Waals surface area contributed by atoms with Crippen molar-refractivity contribution in [2.45, 2.75) is 96.5 Å². The Labute approximate surface area is 148 Å². The lowest BCUT2D eigenvalue weighted by atomic mass is 10.1. The molecule has 24 heavy (non-hydrogen) atoms. The zero-order chi connectivity index (χ0) is 17.9. The van der Waals surface area contributed by atoms with Crippen LogP contribution in [0.2, 0.25) is 0 Å². The third-order valence-corrected chi connectivity index (χ3v) is 4.15. The van der Waals surface area contributed by atoms with E-state index in [0.29, 0.717) is 19.4 Å². The lowest BCUT2D eigenvalue weighted by Crippen LogP contribution is -2.20. The maximum atomic E-state index is 11.5. The zero-order valence-electron chi connectivity index (χ0n) is 15.5. The van der Waals surface area contributed by atoms with Gasteiger partial charge in [0.15, 0.2) is 0 Å². The summed E-state index contributed by atoms with van der Waals surface area (Å²) in [5, 5.41) is 17.7. The first-order chi connectivity index (χ1) is 11.7.